The summed E-state index contributed by atoms with van der Waals surface area (Å²) in [5.41, 5.74) is 8.69. The standard InChI is InChI=1S/C17H19FN2O2S/c18-16-6-2-1-4-13(16)11-23(21,22)20-17-7-3-5-12-10-14(19)8-9-15(12)17/h1-2,4,6,8-10,17,20H,3,5,7,11,19H2. The summed E-state index contributed by atoms with van der Waals surface area (Å²) in [6.07, 6.45) is 2.52. The molecule has 23 heavy (non-hydrogen) atoms. The molecule has 1 unspecified atom stereocenters. The number of nitrogens with two attached hydrogens (primary N) is 1. The van der Waals surface area contributed by atoms with Crippen LogP contribution in [-0.4, -0.2) is 8.42 Å². The second-order valence-corrected chi connectivity index (χ2v) is 7.63. The fourth-order valence-electron chi connectivity index (χ4n) is 3.04. The predicted molar refractivity (Wildman–Crippen MR) is 88.7 cm³/mol. The number of fused-ring (bicyclic) bond motifs is 1. The van der Waals surface area contributed by atoms with E-state index in [1.54, 1.807) is 18.2 Å². The monoisotopic (exact) mass is 334 g/mol. The van der Waals surface area contributed by atoms with Gasteiger partial charge in [0.15, 0.2) is 0 Å². The molecule has 0 bridgehead atoms. The third-order valence-electron chi connectivity index (χ3n) is 4.11. The van der Waals surface area contributed by atoms with Crippen molar-refractivity contribution in [3.8, 4) is 0 Å². The lowest BCUT2D eigenvalue weighted by atomic mass is 9.88. The summed E-state index contributed by atoms with van der Waals surface area (Å²) in [4.78, 5) is 0. The zero-order valence-corrected chi connectivity index (χ0v) is 13.4. The Bertz CT molecular complexity index is 821. The zero-order valence-electron chi connectivity index (χ0n) is 12.6. The summed E-state index contributed by atoms with van der Waals surface area (Å²) >= 11 is 0. The molecule has 0 heterocycles. The van der Waals surface area contributed by atoms with Crippen LogP contribution in [0.3, 0.4) is 0 Å². The smallest absolute Gasteiger partial charge is 0.216 e. The lowest BCUT2D eigenvalue weighted by Gasteiger charge is -2.26. The van der Waals surface area contributed by atoms with Crippen molar-refractivity contribution in [1.29, 1.82) is 0 Å². The fraction of sp³-hybridized carbons (Fsp3) is 0.294. The normalized spacial score (nSPS) is 17.7. The Morgan fingerprint density at radius 2 is 2.00 bits per heavy atom. The van der Waals surface area contributed by atoms with Crippen LogP contribution in [0.15, 0.2) is 42.5 Å². The molecule has 0 spiro atoms. The summed E-state index contributed by atoms with van der Waals surface area (Å²) in [5, 5.41) is 0. The molecule has 3 rings (SSSR count). The molecule has 2 aromatic carbocycles. The lowest BCUT2D eigenvalue weighted by molar-refractivity contribution is 0.506. The molecule has 4 nitrogen and oxygen atoms in total. The van der Waals surface area contributed by atoms with Gasteiger partial charge in [-0.05, 0) is 48.6 Å². The van der Waals surface area contributed by atoms with Crippen molar-refractivity contribution in [3.63, 3.8) is 0 Å². The molecular formula is C17H19FN2O2S. The van der Waals surface area contributed by atoms with Crippen LogP contribution in [0.25, 0.3) is 0 Å². The molecule has 0 saturated carbocycles. The summed E-state index contributed by atoms with van der Waals surface area (Å²) in [5.74, 6) is -0.866. The van der Waals surface area contributed by atoms with E-state index in [1.807, 2.05) is 12.1 Å². The van der Waals surface area contributed by atoms with E-state index in [-0.39, 0.29) is 17.4 Å². The van der Waals surface area contributed by atoms with Crippen LogP contribution in [0.2, 0.25) is 0 Å². The number of benzene rings is 2. The minimum atomic E-state index is -3.63. The molecule has 6 heteroatoms. The average molecular weight is 334 g/mol. The van der Waals surface area contributed by atoms with Crippen LogP contribution in [0.1, 0.15) is 35.6 Å². The van der Waals surface area contributed by atoms with E-state index in [2.05, 4.69) is 4.72 Å². The van der Waals surface area contributed by atoms with Crippen LogP contribution in [-0.2, 0) is 22.2 Å². The van der Waals surface area contributed by atoms with Crippen molar-refractivity contribution in [2.45, 2.75) is 31.1 Å². The maximum absolute atomic E-state index is 13.7. The average Bonchev–Trinajstić information content (AvgIpc) is 2.49. The number of hydrogen-bond acceptors (Lipinski definition) is 3. The number of nitrogen functional groups attached to an aromatic ring is 1. The summed E-state index contributed by atoms with van der Waals surface area (Å²) in [6.45, 7) is 0. The first kappa shape index (κ1) is 16.0. The van der Waals surface area contributed by atoms with Crippen molar-refractivity contribution in [2.75, 3.05) is 5.73 Å². The SMILES string of the molecule is Nc1ccc2c(c1)CCCC2NS(=O)(=O)Cc1ccccc1F. The third-order valence-corrected chi connectivity index (χ3v) is 5.44. The van der Waals surface area contributed by atoms with Crippen LogP contribution in [0, 0.1) is 5.82 Å². The third kappa shape index (κ3) is 3.71. The summed E-state index contributed by atoms with van der Waals surface area (Å²) in [7, 11) is -3.63. The molecule has 1 atom stereocenters. The van der Waals surface area contributed by atoms with E-state index < -0.39 is 15.8 Å². The topological polar surface area (TPSA) is 72.2 Å². The van der Waals surface area contributed by atoms with Gasteiger partial charge in [-0.2, -0.15) is 0 Å². The Morgan fingerprint density at radius 1 is 1.22 bits per heavy atom. The predicted octanol–water partition coefficient (Wildman–Crippen LogP) is 2.90. The highest BCUT2D eigenvalue weighted by Gasteiger charge is 2.25. The molecule has 1 aliphatic carbocycles. The fourth-order valence-corrected chi connectivity index (χ4v) is 4.44. The molecule has 0 fully saturated rings. The lowest BCUT2D eigenvalue weighted by Crippen LogP contribution is -2.32. The van der Waals surface area contributed by atoms with Gasteiger partial charge in [-0.1, -0.05) is 24.3 Å². The van der Waals surface area contributed by atoms with Gasteiger partial charge in [-0.3, -0.25) is 0 Å². The van der Waals surface area contributed by atoms with Gasteiger partial charge in [0.2, 0.25) is 10.0 Å². The number of anilines is 1. The molecule has 0 saturated heterocycles. The van der Waals surface area contributed by atoms with E-state index in [4.69, 9.17) is 5.73 Å². The van der Waals surface area contributed by atoms with Gasteiger partial charge in [0.1, 0.15) is 5.82 Å². The minimum Gasteiger partial charge on any atom is -0.399 e. The number of sulfonamides is 1. The highest BCUT2D eigenvalue weighted by atomic mass is 32.2. The molecule has 0 aromatic heterocycles. The van der Waals surface area contributed by atoms with E-state index in [0.29, 0.717) is 5.69 Å². The van der Waals surface area contributed by atoms with E-state index >= 15 is 0 Å². The van der Waals surface area contributed by atoms with Gasteiger partial charge >= 0.3 is 0 Å². The molecule has 0 aliphatic heterocycles. The minimum absolute atomic E-state index is 0.174. The van der Waals surface area contributed by atoms with Gasteiger partial charge in [-0.15, -0.1) is 0 Å². The van der Waals surface area contributed by atoms with Gasteiger partial charge in [0.05, 0.1) is 5.75 Å². The van der Waals surface area contributed by atoms with Crippen LogP contribution < -0.4 is 10.5 Å². The van der Waals surface area contributed by atoms with Crippen molar-refractivity contribution in [3.05, 3.63) is 65.0 Å². The Morgan fingerprint density at radius 3 is 2.78 bits per heavy atom. The number of nitrogens with one attached hydrogen (secondary N) is 1. The second-order valence-electron chi connectivity index (χ2n) is 5.87. The van der Waals surface area contributed by atoms with Crippen molar-refractivity contribution < 1.29 is 12.8 Å². The van der Waals surface area contributed by atoms with Crippen LogP contribution >= 0.6 is 0 Å². The van der Waals surface area contributed by atoms with Crippen LogP contribution in [0.5, 0.6) is 0 Å². The van der Waals surface area contributed by atoms with Crippen molar-refractivity contribution >= 4 is 15.7 Å². The number of hydrogen-bond donors (Lipinski definition) is 2. The molecule has 3 N–H and O–H groups in total. The van der Waals surface area contributed by atoms with E-state index in [0.717, 1.165) is 30.4 Å². The molecule has 0 amide bonds. The first-order valence-corrected chi connectivity index (χ1v) is 9.21. The molecule has 2 aromatic rings. The maximum Gasteiger partial charge on any atom is 0.216 e. The Balaban J connectivity index is 1.81. The molecule has 0 radical (unpaired) electrons. The van der Waals surface area contributed by atoms with Crippen molar-refractivity contribution in [1.82, 2.24) is 4.72 Å². The number of halogens is 1. The Labute approximate surface area is 135 Å². The largest absolute Gasteiger partial charge is 0.399 e. The molecule has 122 valence electrons. The maximum atomic E-state index is 13.7. The Kier molecular flexibility index (Phi) is 4.37. The Hall–Kier alpha value is -1.92. The highest BCUT2D eigenvalue weighted by molar-refractivity contribution is 7.88. The van der Waals surface area contributed by atoms with E-state index in [9.17, 15) is 12.8 Å². The zero-order chi connectivity index (χ0) is 16.4. The van der Waals surface area contributed by atoms with Gasteiger partial charge < -0.3 is 5.73 Å². The van der Waals surface area contributed by atoms with Gasteiger partial charge in [-0.25, -0.2) is 17.5 Å². The van der Waals surface area contributed by atoms with Gasteiger partial charge in [0.25, 0.3) is 0 Å². The second kappa shape index (κ2) is 6.29. The first-order chi connectivity index (χ1) is 10.9. The summed E-state index contributed by atoms with van der Waals surface area (Å²) in [6, 6.07) is 11.2. The van der Waals surface area contributed by atoms with Crippen LogP contribution in [0.4, 0.5) is 10.1 Å². The van der Waals surface area contributed by atoms with Crippen molar-refractivity contribution in [2.24, 2.45) is 0 Å². The highest BCUT2D eigenvalue weighted by Crippen LogP contribution is 2.31. The first-order valence-electron chi connectivity index (χ1n) is 7.56. The van der Waals surface area contributed by atoms with E-state index in [1.165, 1.54) is 12.1 Å². The van der Waals surface area contributed by atoms with Gasteiger partial charge in [0, 0.05) is 17.3 Å². The quantitative estimate of drug-likeness (QED) is 0.845. The number of rotatable bonds is 4. The summed E-state index contributed by atoms with van der Waals surface area (Å²) < 4.78 is 41.2. The molecular weight excluding hydrogens is 315 g/mol. The molecule has 1 aliphatic rings. The number of aryl methyl sites for hydroxylation is 1.